The molecule has 1 aromatic carbocycles. The van der Waals surface area contributed by atoms with Crippen LogP contribution >= 0.6 is 23.2 Å². The van der Waals surface area contributed by atoms with Gasteiger partial charge in [0.25, 0.3) is 0 Å². The van der Waals surface area contributed by atoms with Crippen LogP contribution in [0.25, 0.3) is 0 Å². The van der Waals surface area contributed by atoms with Crippen molar-refractivity contribution in [1.82, 2.24) is 4.98 Å². The Kier molecular flexibility index (Phi) is 3.17. The first-order chi connectivity index (χ1) is 7.65. The molecule has 0 aliphatic rings. The van der Waals surface area contributed by atoms with Crippen molar-refractivity contribution in [3.8, 4) is 0 Å². The molecular formula is C11H9Cl2N3. The predicted molar refractivity (Wildman–Crippen MR) is 68.4 cm³/mol. The summed E-state index contributed by atoms with van der Waals surface area (Å²) in [7, 11) is 0. The molecule has 5 heteroatoms. The molecule has 3 nitrogen and oxygen atoms in total. The molecule has 3 N–H and O–H groups in total. The van der Waals surface area contributed by atoms with E-state index in [1.54, 1.807) is 30.5 Å². The minimum atomic E-state index is 0.502. The molecule has 0 radical (unpaired) electrons. The summed E-state index contributed by atoms with van der Waals surface area (Å²) in [6.07, 6.45) is 1.58. The highest BCUT2D eigenvalue weighted by molar-refractivity contribution is 6.42. The molecule has 0 unspecified atom stereocenters. The van der Waals surface area contributed by atoms with Crippen LogP contribution in [0.15, 0.2) is 36.5 Å². The number of aromatic nitrogens is 1. The lowest BCUT2D eigenvalue weighted by atomic mass is 10.3. The van der Waals surface area contributed by atoms with Crippen molar-refractivity contribution in [1.29, 1.82) is 0 Å². The topological polar surface area (TPSA) is 50.9 Å². The van der Waals surface area contributed by atoms with E-state index in [0.29, 0.717) is 21.6 Å². The SMILES string of the molecule is Nc1ccc(Nc2ccc(Cl)c(Cl)c2)nc1. The van der Waals surface area contributed by atoms with Crippen LogP contribution < -0.4 is 11.1 Å². The summed E-state index contributed by atoms with van der Waals surface area (Å²) in [5, 5.41) is 4.12. The average Bonchev–Trinajstić information content (AvgIpc) is 2.27. The number of anilines is 3. The molecule has 0 spiro atoms. The third-order valence-corrected chi connectivity index (χ3v) is 2.72. The fourth-order valence-electron chi connectivity index (χ4n) is 1.20. The molecule has 0 aliphatic heterocycles. The number of rotatable bonds is 2. The van der Waals surface area contributed by atoms with E-state index in [0.717, 1.165) is 5.69 Å². The standard InChI is InChI=1S/C11H9Cl2N3/c12-9-3-2-8(5-10(9)13)16-11-4-1-7(14)6-15-11/h1-6H,14H2,(H,15,16). The van der Waals surface area contributed by atoms with Crippen molar-refractivity contribution < 1.29 is 0 Å². The molecule has 1 heterocycles. The van der Waals surface area contributed by atoms with Gasteiger partial charge in [-0.25, -0.2) is 4.98 Å². The number of halogens is 2. The van der Waals surface area contributed by atoms with E-state index < -0.39 is 0 Å². The van der Waals surface area contributed by atoms with Gasteiger partial charge in [-0.3, -0.25) is 0 Å². The molecule has 0 saturated carbocycles. The van der Waals surface area contributed by atoms with Crippen LogP contribution in [0.1, 0.15) is 0 Å². The van der Waals surface area contributed by atoms with Crippen LogP contribution in [0, 0.1) is 0 Å². The highest BCUT2D eigenvalue weighted by Gasteiger charge is 2.00. The van der Waals surface area contributed by atoms with Crippen molar-refractivity contribution in [3.05, 3.63) is 46.6 Å². The molecule has 0 aliphatic carbocycles. The second-order valence-electron chi connectivity index (χ2n) is 3.23. The van der Waals surface area contributed by atoms with Gasteiger partial charge in [-0.2, -0.15) is 0 Å². The van der Waals surface area contributed by atoms with Gasteiger partial charge in [-0.05, 0) is 30.3 Å². The number of benzene rings is 1. The van der Waals surface area contributed by atoms with Crippen LogP contribution in [0.4, 0.5) is 17.2 Å². The summed E-state index contributed by atoms with van der Waals surface area (Å²) in [6, 6.07) is 8.85. The Morgan fingerprint density at radius 2 is 1.88 bits per heavy atom. The summed E-state index contributed by atoms with van der Waals surface area (Å²) in [5.74, 6) is 0.701. The zero-order valence-electron chi connectivity index (χ0n) is 8.24. The molecule has 1 aromatic heterocycles. The van der Waals surface area contributed by atoms with Gasteiger partial charge in [0.05, 0.1) is 21.9 Å². The highest BCUT2D eigenvalue weighted by atomic mass is 35.5. The molecule has 0 amide bonds. The van der Waals surface area contributed by atoms with Gasteiger partial charge < -0.3 is 11.1 Å². The van der Waals surface area contributed by atoms with E-state index in [1.807, 2.05) is 6.07 Å². The Morgan fingerprint density at radius 1 is 1.06 bits per heavy atom. The van der Waals surface area contributed by atoms with Gasteiger partial charge in [0.15, 0.2) is 0 Å². The predicted octanol–water partition coefficient (Wildman–Crippen LogP) is 3.71. The Labute approximate surface area is 103 Å². The first kappa shape index (κ1) is 11.0. The van der Waals surface area contributed by atoms with Gasteiger partial charge in [-0.1, -0.05) is 23.2 Å². The summed E-state index contributed by atoms with van der Waals surface area (Å²) >= 11 is 11.7. The first-order valence-corrected chi connectivity index (χ1v) is 5.34. The number of hydrogen-bond donors (Lipinski definition) is 2. The highest BCUT2D eigenvalue weighted by Crippen LogP contribution is 2.26. The largest absolute Gasteiger partial charge is 0.397 e. The van der Waals surface area contributed by atoms with E-state index in [9.17, 15) is 0 Å². The Morgan fingerprint density at radius 3 is 2.50 bits per heavy atom. The molecule has 2 rings (SSSR count). The molecular weight excluding hydrogens is 245 g/mol. The van der Waals surface area contributed by atoms with Gasteiger partial charge in [-0.15, -0.1) is 0 Å². The maximum atomic E-state index is 5.89. The maximum absolute atomic E-state index is 5.89. The second-order valence-corrected chi connectivity index (χ2v) is 4.05. The average molecular weight is 254 g/mol. The van der Waals surface area contributed by atoms with Gasteiger partial charge in [0.2, 0.25) is 0 Å². The van der Waals surface area contributed by atoms with Gasteiger partial charge >= 0.3 is 0 Å². The normalized spacial score (nSPS) is 10.1. The summed E-state index contributed by atoms with van der Waals surface area (Å²) in [6.45, 7) is 0. The van der Waals surface area contributed by atoms with Crippen molar-refractivity contribution in [3.63, 3.8) is 0 Å². The van der Waals surface area contributed by atoms with Crippen molar-refractivity contribution >= 4 is 40.4 Å². The van der Waals surface area contributed by atoms with E-state index in [-0.39, 0.29) is 0 Å². The fourth-order valence-corrected chi connectivity index (χ4v) is 1.50. The molecule has 82 valence electrons. The van der Waals surface area contributed by atoms with Crippen LogP contribution in [0.5, 0.6) is 0 Å². The van der Waals surface area contributed by atoms with Crippen molar-refractivity contribution in [2.24, 2.45) is 0 Å². The van der Waals surface area contributed by atoms with E-state index in [4.69, 9.17) is 28.9 Å². The van der Waals surface area contributed by atoms with Gasteiger partial charge in [0, 0.05) is 5.69 Å². The third kappa shape index (κ3) is 2.56. The summed E-state index contributed by atoms with van der Waals surface area (Å²) in [4.78, 5) is 4.11. The van der Waals surface area contributed by atoms with Crippen LogP contribution in [-0.2, 0) is 0 Å². The molecule has 16 heavy (non-hydrogen) atoms. The molecule has 0 bridgehead atoms. The Balaban J connectivity index is 2.20. The molecule has 0 saturated heterocycles. The van der Waals surface area contributed by atoms with Crippen molar-refractivity contribution in [2.75, 3.05) is 11.1 Å². The molecule has 2 aromatic rings. The number of nitrogens with one attached hydrogen (secondary N) is 1. The lowest BCUT2D eigenvalue weighted by Crippen LogP contribution is -1.94. The first-order valence-electron chi connectivity index (χ1n) is 4.59. The Hall–Kier alpha value is -1.45. The van der Waals surface area contributed by atoms with Crippen LogP contribution in [-0.4, -0.2) is 4.98 Å². The quantitative estimate of drug-likeness (QED) is 0.858. The van der Waals surface area contributed by atoms with E-state index >= 15 is 0 Å². The summed E-state index contributed by atoms with van der Waals surface area (Å²) < 4.78 is 0. The number of nitrogens with two attached hydrogens (primary N) is 1. The maximum Gasteiger partial charge on any atom is 0.130 e. The van der Waals surface area contributed by atoms with E-state index in [2.05, 4.69) is 10.3 Å². The van der Waals surface area contributed by atoms with Crippen LogP contribution in [0.3, 0.4) is 0 Å². The van der Waals surface area contributed by atoms with Crippen molar-refractivity contribution in [2.45, 2.75) is 0 Å². The molecule has 0 fully saturated rings. The van der Waals surface area contributed by atoms with Crippen LogP contribution in [0.2, 0.25) is 10.0 Å². The zero-order valence-corrected chi connectivity index (χ0v) is 9.76. The lowest BCUT2D eigenvalue weighted by molar-refractivity contribution is 1.31. The minimum absolute atomic E-state index is 0.502. The van der Waals surface area contributed by atoms with Gasteiger partial charge in [0.1, 0.15) is 5.82 Å². The Bertz CT molecular complexity index is 497. The smallest absolute Gasteiger partial charge is 0.130 e. The van der Waals surface area contributed by atoms with E-state index in [1.165, 1.54) is 0 Å². The number of nitrogens with zero attached hydrogens (tertiary/aromatic N) is 1. The number of nitrogen functional groups attached to an aromatic ring is 1. The lowest BCUT2D eigenvalue weighted by Gasteiger charge is -2.06. The monoisotopic (exact) mass is 253 g/mol. The number of pyridine rings is 1. The number of hydrogen-bond acceptors (Lipinski definition) is 3. The zero-order chi connectivity index (χ0) is 11.5. The minimum Gasteiger partial charge on any atom is -0.397 e. The summed E-state index contributed by atoms with van der Waals surface area (Å²) in [5.41, 5.74) is 6.99. The third-order valence-electron chi connectivity index (χ3n) is 1.98. The molecule has 0 atom stereocenters. The fraction of sp³-hybridized carbons (Fsp3) is 0. The second kappa shape index (κ2) is 4.60.